The molecule has 6 nitrogen and oxygen atoms in total. The van der Waals surface area contributed by atoms with Gasteiger partial charge in [0.05, 0.1) is 7.11 Å². The van der Waals surface area contributed by atoms with Crippen LogP contribution in [-0.2, 0) is 13.1 Å². The smallest absolute Gasteiger partial charge is 0.270 e. The molecule has 3 rings (SSSR count). The number of nitrogens with zero attached hydrogens (tertiary/aromatic N) is 2. The normalized spacial score (nSPS) is 10.3. The van der Waals surface area contributed by atoms with E-state index in [0.29, 0.717) is 24.6 Å². The largest absolute Gasteiger partial charge is 0.496 e. The van der Waals surface area contributed by atoms with E-state index in [1.54, 1.807) is 13.2 Å². The Bertz CT molecular complexity index is 927. The van der Waals surface area contributed by atoms with Crippen LogP contribution < -0.4 is 15.4 Å². The summed E-state index contributed by atoms with van der Waals surface area (Å²) in [6.45, 7) is 3.01. The first-order valence-corrected chi connectivity index (χ1v) is 8.68. The molecule has 6 heteroatoms. The maximum atomic E-state index is 12.4. The SMILES string of the molecule is COc1ccccc1CNc1cc(C(=O)NCc2ccccc2C)ncn1. The molecule has 0 saturated heterocycles. The van der Waals surface area contributed by atoms with Crippen molar-refractivity contribution >= 4 is 11.7 Å². The number of anilines is 1. The quantitative estimate of drug-likeness (QED) is 0.674. The van der Waals surface area contributed by atoms with Crippen LogP contribution in [0.2, 0.25) is 0 Å². The molecular weight excluding hydrogens is 340 g/mol. The van der Waals surface area contributed by atoms with E-state index in [-0.39, 0.29) is 5.91 Å². The van der Waals surface area contributed by atoms with E-state index in [1.165, 1.54) is 6.33 Å². The Kier molecular flexibility index (Phi) is 5.99. The van der Waals surface area contributed by atoms with E-state index in [4.69, 9.17) is 4.74 Å². The lowest BCUT2D eigenvalue weighted by Gasteiger charge is -2.11. The summed E-state index contributed by atoms with van der Waals surface area (Å²) in [5, 5.41) is 6.10. The number of rotatable bonds is 7. The fourth-order valence-corrected chi connectivity index (χ4v) is 2.69. The lowest BCUT2D eigenvalue weighted by Crippen LogP contribution is -2.24. The van der Waals surface area contributed by atoms with Gasteiger partial charge in [-0.05, 0) is 24.1 Å². The number of carbonyl (C=O) groups excluding carboxylic acids is 1. The fourth-order valence-electron chi connectivity index (χ4n) is 2.69. The Balaban J connectivity index is 1.62. The molecule has 2 aromatic carbocycles. The second-order valence-corrected chi connectivity index (χ2v) is 6.06. The topological polar surface area (TPSA) is 76.1 Å². The zero-order chi connectivity index (χ0) is 19.1. The molecule has 3 aromatic rings. The minimum Gasteiger partial charge on any atom is -0.496 e. The number of nitrogens with one attached hydrogen (secondary N) is 2. The van der Waals surface area contributed by atoms with Crippen molar-refractivity contribution in [3.05, 3.63) is 83.3 Å². The molecule has 0 radical (unpaired) electrons. The van der Waals surface area contributed by atoms with E-state index in [9.17, 15) is 4.79 Å². The van der Waals surface area contributed by atoms with Crippen molar-refractivity contribution in [2.45, 2.75) is 20.0 Å². The number of aromatic nitrogens is 2. The maximum absolute atomic E-state index is 12.4. The fraction of sp³-hybridized carbons (Fsp3) is 0.190. The van der Waals surface area contributed by atoms with Crippen LogP contribution >= 0.6 is 0 Å². The molecule has 138 valence electrons. The van der Waals surface area contributed by atoms with Gasteiger partial charge in [0.25, 0.3) is 5.91 Å². The summed E-state index contributed by atoms with van der Waals surface area (Å²) in [6.07, 6.45) is 1.38. The van der Waals surface area contributed by atoms with Crippen molar-refractivity contribution in [1.29, 1.82) is 0 Å². The van der Waals surface area contributed by atoms with Gasteiger partial charge < -0.3 is 15.4 Å². The molecule has 0 fully saturated rings. The van der Waals surface area contributed by atoms with Gasteiger partial charge in [-0.15, -0.1) is 0 Å². The molecule has 0 aliphatic heterocycles. The monoisotopic (exact) mass is 362 g/mol. The highest BCUT2D eigenvalue weighted by molar-refractivity contribution is 5.92. The van der Waals surface area contributed by atoms with Crippen molar-refractivity contribution in [1.82, 2.24) is 15.3 Å². The summed E-state index contributed by atoms with van der Waals surface area (Å²) >= 11 is 0. The van der Waals surface area contributed by atoms with E-state index in [1.807, 2.05) is 55.5 Å². The standard InChI is InChI=1S/C21H22N4O2/c1-15-7-3-4-8-16(15)12-23-21(26)18-11-20(25-14-24-18)22-13-17-9-5-6-10-19(17)27-2/h3-11,14H,12-13H2,1-2H3,(H,23,26)(H,22,24,25). The number of methoxy groups -OCH3 is 1. The van der Waals surface area contributed by atoms with E-state index in [2.05, 4.69) is 20.6 Å². The minimum atomic E-state index is -0.235. The third kappa shape index (κ3) is 4.82. The predicted molar refractivity (Wildman–Crippen MR) is 105 cm³/mol. The van der Waals surface area contributed by atoms with Crippen LogP contribution in [0.15, 0.2) is 60.9 Å². The van der Waals surface area contributed by atoms with Gasteiger partial charge in [-0.1, -0.05) is 42.5 Å². The van der Waals surface area contributed by atoms with Gasteiger partial charge in [0, 0.05) is 24.7 Å². The van der Waals surface area contributed by atoms with Crippen molar-refractivity contribution < 1.29 is 9.53 Å². The van der Waals surface area contributed by atoms with Crippen LogP contribution in [0.25, 0.3) is 0 Å². The Morgan fingerprint density at radius 2 is 1.74 bits per heavy atom. The van der Waals surface area contributed by atoms with Crippen LogP contribution in [0, 0.1) is 6.92 Å². The number of para-hydroxylation sites is 1. The number of benzene rings is 2. The van der Waals surface area contributed by atoms with Gasteiger partial charge in [0.15, 0.2) is 0 Å². The van der Waals surface area contributed by atoms with Crippen molar-refractivity contribution in [3.8, 4) is 5.75 Å². The molecule has 0 bridgehead atoms. The summed E-state index contributed by atoms with van der Waals surface area (Å²) in [5.41, 5.74) is 3.54. The molecule has 0 aliphatic carbocycles. The molecule has 0 saturated carbocycles. The van der Waals surface area contributed by atoms with Gasteiger partial charge >= 0.3 is 0 Å². The summed E-state index contributed by atoms with van der Waals surface area (Å²) in [6, 6.07) is 17.3. The van der Waals surface area contributed by atoms with E-state index in [0.717, 1.165) is 22.4 Å². The molecule has 0 atom stereocenters. The zero-order valence-electron chi connectivity index (χ0n) is 15.4. The number of amides is 1. The number of carbonyl (C=O) groups is 1. The highest BCUT2D eigenvalue weighted by Crippen LogP contribution is 2.18. The Hall–Kier alpha value is -3.41. The summed E-state index contributed by atoms with van der Waals surface area (Å²) in [4.78, 5) is 20.7. The van der Waals surface area contributed by atoms with Crippen LogP contribution in [-0.4, -0.2) is 23.0 Å². The number of aryl methyl sites for hydroxylation is 1. The summed E-state index contributed by atoms with van der Waals surface area (Å²) in [5.74, 6) is 1.15. The average molecular weight is 362 g/mol. The van der Waals surface area contributed by atoms with Crippen LogP contribution in [0.1, 0.15) is 27.2 Å². The Morgan fingerprint density at radius 1 is 1.00 bits per heavy atom. The zero-order valence-corrected chi connectivity index (χ0v) is 15.4. The maximum Gasteiger partial charge on any atom is 0.270 e. The van der Waals surface area contributed by atoms with Crippen LogP contribution in [0.5, 0.6) is 5.75 Å². The number of ether oxygens (including phenoxy) is 1. The lowest BCUT2D eigenvalue weighted by molar-refractivity contribution is 0.0945. The first-order chi connectivity index (χ1) is 13.2. The molecule has 1 aromatic heterocycles. The second kappa shape index (κ2) is 8.80. The van der Waals surface area contributed by atoms with Crippen LogP contribution in [0.4, 0.5) is 5.82 Å². The Morgan fingerprint density at radius 3 is 2.52 bits per heavy atom. The average Bonchev–Trinajstić information content (AvgIpc) is 2.72. The molecule has 0 spiro atoms. The van der Waals surface area contributed by atoms with Crippen molar-refractivity contribution in [2.75, 3.05) is 12.4 Å². The number of hydrogen-bond donors (Lipinski definition) is 2. The van der Waals surface area contributed by atoms with Crippen molar-refractivity contribution in [3.63, 3.8) is 0 Å². The first-order valence-electron chi connectivity index (χ1n) is 8.68. The third-order valence-corrected chi connectivity index (χ3v) is 4.25. The van der Waals surface area contributed by atoms with E-state index >= 15 is 0 Å². The summed E-state index contributed by atoms with van der Waals surface area (Å²) in [7, 11) is 1.64. The first kappa shape index (κ1) is 18.4. The molecule has 2 N–H and O–H groups in total. The Labute approximate surface area is 158 Å². The molecule has 27 heavy (non-hydrogen) atoms. The second-order valence-electron chi connectivity index (χ2n) is 6.06. The predicted octanol–water partition coefficient (Wildman–Crippen LogP) is 3.34. The summed E-state index contributed by atoms with van der Waals surface area (Å²) < 4.78 is 5.34. The molecule has 0 aliphatic rings. The molecule has 0 unspecified atom stereocenters. The van der Waals surface area contributed by atoms with Crippen LogP contribution in [0.3, 0.4) is 0 Å². The highest BCUT2D eigenvalue weighted by atomic mass is 16.5. The molecule has 1 heterocycles. The third-order valence-electron chi connectivity index (χ3n) is 4.25. The molecule has 1 amide bonds. The van der Waals surface area contributed by atoms with Gasteiger partial charge in [0.2, 0.25) is 0 Å². The number of hydrogen-bond acceptors (Lipinski definition) is 5. The molecular formula is C21H22N4O2. The van der Waals surface area contributed by atoms with E-state index < -0.39 is 0 Å². The van der Waals surface area contributed by atoms with Gasteiger partial charge in [-0.3, -0.25) is 4.79 Å². The highest BCUT2D eigenvalue weighted by Gasteiger charge is 2.10. The van der Waals surface area contributed by atoms with Gasteiger partial charge in [-0.2, -0.15) is 0 Å². The lowest BCUT2D eigenvalue weighted by atomic mass is 10.1. The van der Waals surface area contributed by atoms with Gasteiger partial charge in [0.1, 0.15) is 23.6 Å². The van der Waals surface area contributed by atoms with Gasteiger partial charge in [-0.25, -0.2) is 9.97 Å². The van der Waals surface area contributed by atoms with Crippen molar-refractivity contribution in [2.24, 2.45) is 0 Å². The minimum absolute atomic E-state index is 0.235.